The van der Waals surface area contributed by atoms with Gasteiger partial charge in [0.25, 0.3) is 0 Å². The number of benzene rings is 1. The maximum atomic E-state index is 9.32. The molecule has 1 aromatic rings. The minimum Gasteiger partial charge on any atom is -0.508 e. The van der Waals surface area contributed by atoms with E-state index < -0.39 is 0 Å². The van der Waals surface area contributed by atoms with Crippen molar-refractivity contribution in [3.63, 3.8) is 0 Å². The monoisotopic (exact) mass is 258 g/mol. The highest BCUT2D eigenvalue weighted by molar-refractivity contribution is 9.10. The molecule has 0 spiro atoms. The Morgan fingerprint density at radius 3 is 2.64 bits per heavy atom. The lowest BCUT2D eigenvalue weighted by Gasteiger charge is -2.20. The summed E-state index contributed by atoms with van der Waals surface area (Å²) in [6, 6.07) is 4.68. The number of aromatic hydroxyl groups is 1. The van der Waals surface area contributed by atoms with Crippen molar-refractivity contribution in [3.8, 4) is 5.75 Å². The molecule has 0 aliphatic carbocycles. The smallest absolute Gasteiger partial charge is 0.115 e. The minimum atomic E-state index is -0.249. The zero-order valence-corrected chi connectivity index (χ0v) is 9.66. The summed E-state index contributed by atoms with van der Waals surface area (Å²) in [7, 11) is 0. The van der Waals surface area contributed by atoms with Gasteiger partial charge in [-0.25, -0.2) is 0 Å². The van der Waals surface area contributed by atoms with Gasteiger partial charge >= 0.3 is 0 Å². The standard InChI is InChI=1S/C10H15BrN2O/c1-2-9(12)10(13)7-5-6(14)3-4-8(7)11/h3-5,9-10,14H,2,12-13H2,1H3. The van der Waals surface area contributed by atoms with Crippen molar-refractivity contribution >= 4 is 15.9 Å². The lowest BCUT2D eigenvalue weighted by atomic mass is 9.99. The Bertz CT molecular complexity index is 317. The molecule has 4 heteroatoms. The lowest BCUT2D eigenvalue weighted by Crippen LogP contribution is -2.33. The fourth-order valence-corrected chi connectivity index (χ4v) is 1.78. The van der Waals surface area contributed by atoms with Crippen molar-refractivity contribution in [2.24, 2.45) is 11.5 Å². The zero-order valence-electron chi connectivity index (χ0n) is 8.07. The minimum absolute atomic E-state index is 0.0897. The molecule has 78 valence electrons. The quantitative estimate of drug-likeness (QED) is 0.776. The van der Waals surface area contributed by atoms with Crippen LogP contribution in [0.4, 0.5) is 0 Å². The van der Waals surface area contributed by atoms with Gasteiger partial charge in [0.1, 0.15) is 5.75 Å². The molecule has 0 radical (unpaired) electrons. The summed E-state index contributed by atoms with van der Waals surface area (Å²) >= 11 is 3.38. The maximum Gasteiger partial charge on any atom is 0.115 e. The summed E-state index contributed by atoms with van der Waals surface area (Å²) in [6.07, 6.45) is 0.809. The highest BCUT2D eigenvalue weighted by atomic mass is 79.9. The average molecular weight is 259 g/mol. The molecule has 0 amide bonds. The first-order valence-electron chi connectivity index (χ1n) is 4.55. The first kappa shape index (κ1) is 11.5. The van der Waals surface area contributed by atoms with Crippen LogP contribution in [0.3, 0.4) is 0 Å². The fourth-order valence-electron chi connectivity index (χ4n) is 1.27. The molecule has 2 atom stereocenters. The molecule has 0 saturated carbocycles. The summed E-state index contributed by atoms with van der Waals surface area (Å²) in [6.45, 7) is 1.99. The third-order valence-electron chi connectivity index (χ3n) is 2.27. The molecular weight excluding hydrogens is 244 g/mol. The predicted octanol–water partition coefficient (Wildman–Crippen LogP) is 1.89. The number of phenols is 1. The average Bonchev–Trinajstić information content (AvgIpc) is 2.19. The summed E-state index contributed by atoms with van der Waals surface area (Å²) in [5.74, 6) is 0.210. The van der Waals surface area contributed by atoms with Crippen LogP contribution in [0, 0.1) is 0 Å². The van der Waals surface area contributed by atoms with E-state index in [9.17, 15) is 5.11 Å². The molecule has 0 aromatic heterocycles. The summed E-state index contributed by atoms with van der Waals surface area (Å²) in [4.78, 5) is 0. The normalized spacial score (nSPS) is 15.1. The highest BCUT2D eigenvalue weighted by Crippen LogP contribution is 2.27. The van der Waals surface area contributed by atoms with Crippen LogP contribution < -0.4 is 11.5 Å². The van der Waals surface area contributed by atoms with Gasteiger partial charge in [-0.05, 0) is 30.2 Å². The summed E-state index contributed by atoms with van der Waals surface area (Å²) < 4.78 is 0.881. The van der Waals surface area contributed by atoms with E-state index in [-0.39, 0.29) is 17.8 Å². The lowest BCUT2D eigenvalue weighted by molar-refractivity contribution is 0.470. The number of hydrogen-bond acceptors (Lipinski definition) is 3. The molecule has 0 saturated heterocycles. The van der Waals surface area contributed by atoms with E-state index in [1.807, 2.05) is 6.92 Å². The molecular formula is C10H15BrN2O. The number of rotatable bonds is 3. The zero-order chi connectivity index (χ0) is 10.7. The van der Waals surface area contributed by atoms with Crippen LogP contribution in [0.2, 0.25) is 0 Å². The van der Waals surface area contributed by atoms with Crippen molar-refractivity contribution in [2.45, 2.75) is 25.4 Å². The van der Waals surface area contributed by atoms with Crippen LogP contribution in [0.1, 0.15) is 24.9 Å². The Hall–Kier alpha value is -0.580. The van der Waals surface area contributed by atoms with Gasteiger partial charge in [0, 0.05) is 16.6 Å². The van der Waals surface area contributed by atoms with Crippen molar-refractivity contribution in [3.05, 3.63) is 28.2 Å². The third kappa shape index (κ3) is 2.47. The second kappa shape index (κ2) is 4.77. The van der Waals surface area contributed by atoms with Crippen LogP contribution in [0.5, 0.6) is 5.75 Å². The van der Waals surface area contributed by atoms with Crippen molar-refractivity contribution < 1.29 is 5.11 Å². The van der Waals surface area contributed by atoms with E-state index in [1.54, 1.807) is 18.2 Å². The van der Waals surface area contributed by atoms with Gasteiger partial charge in [0.2, 0.25) is 0 Å². The Labute approximate surface area is 92.2 Å². The molecule has 1 aromatic carbocycles. The van der Waals surface area contributed by atoms with E-state index in [2.05, 4.69) is 15.9 Å². The molecule has 0 aliphatic heterocycles. The van der Waals surface area contributed by atoms with E-state index >= 15 is 0 Å². The van der Waals surface area contributed by atoms with Gasteiger partial charge in [-0.2, -0.15) is 0 Å². The highest BCUT2D eigenvalue weighted by Gasteiger charge is 2.16. The van der Waals surface area contributed by atoms with E-state index in [0.29, 0.717) is 0 Å². The molecule has 0 heterocycles. The van der Waals surface area contributed by atoms with E-state index in [0.717, 1.165) is 16.5 Å². The molecule has 3 nitrogen and oxygen atoms in total. The Balaban J connectivity index is 2.99. The second-order valence-corrected chi connectivity index (χ2v) is 4.16. The molecule has 5 N–H and O–H groups in total. The topological polar surface area (TPSA) is 72.3 Å². The molecule has 2 unspecified atom stereocenters. The van der Waals surface area contributed by atoms with Crippen LogP contribution in [-0.2, 0) is 0 Å². The van der Waals surface area contributed by atoms with Crippen LogP contribution in [0.15, 0.2) is 22.7 Å². The molecule has 0 bridgehead atoms. The van der Waals surface area contributed by atoms with Crippen molar-refractivity contribution in [1.82, 2.24) is 0 Å². The SMILES string of the molecule is CCC(N)C(N)c1cc(O)ccc1Br. The van der Waals surface area contributed by atoms with Gasteiger partial charge in [0.05, 0.1) is 0 Å². The first-order chi connectivity index (χ1) is 6.56. The Kier molecular flexibility index (Phi) is 3.92. The van der Waals surface area contributed by atoms with Gasteiger partial charge in [-0.15, -0.1) is 0 Å². The van der Waals surface area contributed by atoms with Crippen LogP contribution >= 0.6 is 15.9 Å². The van der Waals surface area contributed by atoms with Crippen molar-refractivity contribution in [2.75, 3.05) is 0 Å². The molecule has 0 aliphatic rings. The molecule has 1 rings (SSSR count). The predicted molar refractivity (Wildman–Crippen MR) is 61.0 cm³/mol. The van der Waals surface area contributed by atoms with Gasteiger partial charge in [0.15, 0.2) is 0 Å². The van der Waals surface area contributed by atoms with Gasteiger partial charge in [-0.3, -0.25) is 0 Å². The number of hydrogen-bond donors (Lipinski definition) is 3. The van der Waals surface area contributed by atoms with Crippen molar-refractivity contribution in [1.29, 1.82) is 0 Å². The fraction of sp³-hybridized carbons (Fsp3) is 0.400. The number of phenolic OH excluding ortho intramolecular Hbond substituents is 1. The van der Waals surface area contributed by atoms with Gasteiger partial charge in [-0.1, -0.05) is 22.9 Å². The van der Waals surface area contributed by atoms with E-state index in [1.165, 1.54) is 0 Å². The second-order valence-electron chi connectivity index (χ2n) is 3.30. The molecule has 0 fully saturated rings. The summed E-state index contributed by atoms with van der Waals surface area (Å²) in [5, 5.41) is 9.32. The van der Waals surface area contributed by atoms with E-state index in [4.69, 9.17) is 11.5 Å². The molecule has 14 heavy (non-hydrogen) atoms. The first-order valence-corrected chi connectivity index (χ1v) is 5.35. The summed E-state index contributed by atoms with van der Waals surface area (Å²) in [5.41, 5.74) is 12.6. The van der Waals surface area contributed by atoms with Crippen LogP contribution in [0.25, 0.3) is 0 Å². The Morgan fingerprint density at radius 1 is 1.43 bits per heavy atom. The largest absolute Gasteiger partial charge is 0.508 e. The maximum absolute atomic E-state index is 9.32. The Morgan fingerprint density at radius 2 is 2.07 bits per heavy atom. The third-order valence-corrected chi connectivity index (χ3v) is 2.99. The van der Waals surface area contributed by atoms with Crippen LogP contribution in [-0.4, -0.2) is 11.1 Å². The number of nitrogens with two attached hydrogens (primary N) is 2. The van der Waals surface area contributed by atoms with Gasteiger partial charge < -0.3 is 16.6 Å². The number of halogens is 1.